The lowest BCUT2D eigenvalue weighted by Crippen LogP contribution is -2.37. The predicted molar refractivity (Wildman–Crippen MR) is 115 cm³/mol. The maximum Gasteiger partial charge on any atom is 0.407 e. The van der Waals surface area contributed by atoms with Gasteiger partial charge in [0.25, 0.3) is 0 Å². The first kappa shape index (κ1) is 20.2. The van der Waals surface area contributed by atoms with Gasteiger partial charge >= 0.3 is 6.09 Å². The SMILES string of the molecule is N#Cc1c(-c2ccc(Oc3ccccc3)cc2)[nH]c(C2CCN(C(=O)O)CC2)cc1=O. The van der Waals surface area contributed by atoms with Gasteiger partial charge in [-0.3, -0.25) is 4.79 Å². The Morgan fingerprint density at radius 2 is 1.71 bits per heavy atom. The Kier molecular flexibility index (Phi) is 5.72. The van der Waals surface area contributed by atoms with Gasteiger partial charge in [-0.25, -0.2) is 4.79 Å². The van der Waals surface area contributed by atoms with Gasteiger partial charge in [0.05, 0.1) is 5.69 Å². The molecule has 2 aromatic carbocycles. The van der Waals surface area contributed by atoms with Gasteiger partial charge in [-0.05, 0) is 54.8 Å². The zero-order chi connectivity index (χ0) is 21.8. The Morgan fingerprint density at radius 3 is 2.32 bits per heavy atom. The summed E-state index contributed by atoms with van der Waals surface area (Å²) in [4.78, 5) is 28.4. The van der Waals surface area contributed by atoms with E-state index in [1.165, 1.54) is 11.0 Å². The fourth-order valence-corrected chi connectivity index (χ4v) is 3.82. The number of rotatable bonds is 4. The smallest absolute Gasteiger partial charge is 0.407 e. The summed E-state index contributed by atoms with van der Waals surface area (Å²) < 4.78 is 5.81. The van der Waals surface area contributed by atoms with Crippen LogP contribution >= 0.6 is 0 Å². The van der Waals surface area contributed by atoms with Crippen LogP contribution < -0.4 is 10.2 Å². The van der Waals surface area contributed by atoms with Crippen molar-refractivity contribution in [3.8, 4) is 28.8 Å². The van der Waals surface area contributed by atoms with E-state index < -0.39 is 6.09 Å². The summed E-state index contributed by atoms with van der Waals surface area (Å²) in [7, 11) is 0. The Balaban J connectivity index is 1.61. The van der Waals surface area contributed by atoms with E-state index in [2.05, 4.69) is 4.98 Å². The number of likely N-dealkylation sites (tertiary alicyclic amines) is 1. The number of aromatic nitrogens is 1. The van der Waals surface area contributed by atoms with Crippen molar-refractivity contribution >= 4 is 6.09 Å². The fourth-order valence-electron chi connectivity index (χ4n) is 3.82. The van der Waals surface area contributed by atoms with Gasteiger partial charge in [0.15, 0.2) is 5.43 Å². The van der Waals surface area contributed by atoms with Gasteiger partial charge in [-0.2, -0.15) is 5.26 Å². The number of carbonyl (C=O) groups is 1. The monoisotopic (exact) mass is 415 g/mol. The van der Waals surface area contributed by atoms with Gasteiger partial charge in [-0.1, -0.05) is 18.2 Å². The van der Waals surface area contributed by atoms with Crippen molar-refractivity contribution in [1.29, 1.82) is 5.26 Å². The standard InChI is InChI=1S/C24H21N3O4/c25-15-20-22(28)14-21(16-10-12-27(13-11-16)24(29)30)26-23(20)17-6-8-19(9-7-17)31-18-4-2-1-3-5-18/h1-9,14,16H,10-13H2,(H,26,28)(H,29,30). The minimum absolute atomic E-state index is 0.0375. The number of amides is 1. The van der Waals surface area contributed by atoms with Crippen molar-refractivity contribution in [2.45, 2.75) is 18.8 Å². The molecule has 0 saturated carbocycles. The number of para-hydroxylation sites is 1. The van der Waals surface area contributed by atoms with Crippen LogP contribution in [0.4, 0.5) is 4.79 Å². The molecule has 1 saturated heterocycles. The fraction of sp³-hybridized carbons (Fsp3) is 0.208. The van der Waals surface area contributed by atoms with Gasteiger partial charge in [0.2, 0.25) is 0 Å². The molecule has 7 nitrogen and oxygen atoms in total. The largest absolute Gasteiger partial charge is 0.465 e. The molecule has 156 valence electrons. The van der Waals surface area contributed by atoms with E-state index >= 15 is 0 Å². The lowest BCUT2D eigenvalue weighted by atomic mass is 9.92. The first-order valence-electron chi connectivity index (χ1n) is 10.0. The normalized spacial score (nSPS) is 14.1. The number of pyridine rings is 1. The number of H-pyrrole nitrogens is 1. The Bertz CT molecular complexity index is 1170. The average Bonchev–Trinajstić information content (AvgIpc) is 2.80. The van der Waals surface area contributed by atoms with Crippen LogP contribution in [0.1, 0.15) is 30.0 Å². The van der Waals surface area contributed by atoms with Crippen molar-refractivity contribution in [1.82, 2.24) is 9.88 Å². The van der Waals surface area contributed by atoms with Crippen molar-refractivity contribution in [2.24, 2.45) is 0 Å². The van der Waals surface area contributed by atoms with Crippen molar-refractivity contribution in [2.75, 3.05) is 13.1 Å². The molecule has 1 aliphatic heterocycles. The van der Waals surface area contributed by atoms with Gasteiger partial charge in [-0.15, -0.1) is 0 Å². The molecule has 0 bridgehead atoms. The van der Waals surface area contributed by atoms with Gasteiger partial charge < -0.3 is 19.7 Å². The quantitative estimate of drug-likeness (QED) is 0.649. The van der Waals surface area contributed by atoms with Crippen molar-refractivity contribution in [3.63, 3.8) is 0 Å². The molecule has 4 rings (SSSR count). The molecule has 31 heavy (non-hydrogen) atoms. The second kappa shape index (κ2) is 8.76. The second-order valence-corrected chi connectivity index (χ2v) is 7.43. The molecule has 0 atom stereocenters. The summed E-state index contributed by atoms with van der Waals surface area (Å²) in [6.45, 7) is 0.839. The van der Waals surface area contributed by atoms with E-state index in [9.17, 15) is 14.9 Å². The minimum atomic E-state index is -0.926. The summed E-state index contributed by atoms with van der Waals surface area (Å²) >= 11 is 0. The zero-order valence-corrected chi connectivity index (χ0v) is 16.7. The van der Waals surface area contributed by atoms with E-state index in [0.717, 1.165) is 11.4 Å². The summed E-state index contributed by atoms with van der Waals surface area (Å²) in [6, 6.07) is 20.1. The third kappa shape index (κ3) is 4.43. The number of nitriles is 1. The lowest BCUT2D eigenvalue weighted by Gasteiger charge is -2.30. The highest BCUT2D eigenvalue weighted by Crippen LogP contribution is 2.30. The van der Waals surface area contributed by atoms with Crippen molar-refractivity contribution in [3.05, 3.63) is 82.1 Å². The van der Waals surface area contributed by atoms with Crippen LogP contribution in [-0.2, 0) is 0 Å². The third-order valence-corrected chi connectivity index (χ3v) is 5.49. The Morgan fingerprint density at radius 1 is 1.06 bits per heavy atom. The summed E-state index contributed by atoms with van der Waals surface area (Å²) in [5.74, 6) is 1.40. The number of aromatic amines is 1. The third-order valence-electron chi connectivity index (χ3n) is 5.49. The average molecular weight is 415 g/mol. The Labute approximate surface area is 179 Å². The molecule has 0 aliphatic carbocycles. The number of hydrogen-bond donors (Lipinski definition) is 2. The first-order valence-corrected chi connectivity index (χ1v) is 10.0. The molecular formula is C24H21N3O4. The van der Waals surface area contributed by atoms with Crippen LogP contribution in [0.5, 0.6) is 11.5 Å². The number of hydrogen-bond acceptors (Lipinski definition) is 4. The van der Waals surface area contributed by atoms with Crippen LogP contribution in [0.2, 0.25) is 0 Å². The molecule has 2 heterocycles. The van der Waals surface area contributed by atoms with Gasteiger partial charge in [0.1, 0.15) is 23.1 Å². The minimum Gasteiger partial charge on any atom is -0.465 e. The molecule has 1 aromatic heterocycles. The summed E-state index contributed by atoms with van der Waals surface area (Å²) in [5, 5.41) is 18.7. The molecule has 0 spiro atoms. The van der Waals surface area contributed by atoms with Crippen molar-refractivity contribution < 1.29 is 14.6 Å². The van der Waals surface area contributed by atoms with Gasteiger partial charge in [0, 0.05) is 30.8 Å². The molecule has 3 aromatic rings. The number of carboxylic acid groups (broad SMARTS) is 1. The lowest BCUT2D eigenvalue weighted by molar-refractivity contribution is 0.131. The molecule has 0 radical (unpaired) electrons. The number of nitrogens with one attached hydrogen (secondary N) is 1. The van der Waals surface area contributed by atoms with Crippen LogP contribution in [-0.4, -0.2) is 34.2 Å². The van der Waals surface area contributed by atoms with E-state index in [1.54, 1.807) is 24.3 Å². The highest BCUT2D eigenvalue weighted by Gasteiger charge is 2.25. The maximum absolute atomic E-state index is 12.6. The second-order valence-electron chi connectivity index (χ2n) is 7.43. The van der Waals surface area contributed by atoms with Crippen LogP contribution in [0.3, 0.4) is 0 Å². The molecule has 2 N–H and O–H groups in total. The number of benzene rings is 2. The van der Waals surface area contributed by atoms with E-state index in [1.807, 2.05) is 36.4 Å². The number of nitrogens with zero attached hydrogens (tertiary/aromatic N) is 2. The van der Waals surface area contributed by atoms with E-state index in [-0.39, 0.29) is 16.9 Å². The zero-order valence-electron chi connectivity index (χ0n) is 16.7. The highest BCUT2D eigenvalue weighted by molar-refractivity contribution is 5.67. The van der Waals surface area contributed by atoms with E-state index in [0.29, 0.717) is 42.9 Å². The first-order chi connectivity index (χ1) is 15.0. The number of piperidine rings is 1. The molecule has 1 aliphatic rings. The Hall–Kier alpha value is -4.05. The topological polar surface area (TPSA) is 106 Å². The number of ether oxygens (including phenoxy) is 1. The van der Waals surface area contributed by atoms with Crippen LogP contribution in [0.25, 0.3) is 11.3 Å². The molecule has 1 fully saturated rings. The van der Waals surface area contributed by atoms with Crippen LogP contribution in [0, 0.1) is 11.3 Å². The maximum atomic E-state index is 12.6. The van der Waals surface area contributed by atoms with Crippen LogP contribution in [0.15, 0.2) is 65.5 Å². The predicted octanol–water partition coefficient (Wildman–Crippen LogP) is 4.56. The molecule has 0 unspecified atom stereocenters. The summed E-state index contributed by atoms with van der Waals surface area (Å²) in [5.41, 5.74) is 1.63. The molecular weight excluding hydrogens is 394 g/mol. The molecule has 1 amide bonds. The summed E-state index contributed by atoms with van der Waals surface area (Å²) in [6.07, 6.45) is 0.319. The highest BCUT2D eigenvalue weighted by atomic mass is 16.5. The molecule has 7 heteroatoms. The van der Waals surface area contributed by atoms with E-state index in [4.69, 9.17) is 9.84 Å².